The molecule has 2 aromatic heterocycles. The van der Waals surface area contributed by atoms with Crippen LogP contribution in [0.15, 0.2) is 42.5 Å². The van der Waals surface area contributed by atoms with Gasteiger partial charge in [0.2, 0.25) is 0 Å². The first-order chi connectivity index (χ1) is 16.2. The maximum absolute atomic E-state index is 5.52. The molecule has 8 heteroatoms. The van der Waals surface area contributed by atoms with Crippen LogP contribution in [0.1, 0.15) is 29.9 Å². The third kappa shape index (κ3) is 5.23. The van der Waals surface area contributed by atoms with Crippen LogP contribution in [0.3, 0.4) is 0 Å². The highest BCUT2D eigenvalue weighted by molar-refractivity contribution is 5.69. The number of aryl methyl sites for hydroxylation is 1. The fourth-order valence-corrected chi connectivity index (χ4v) is 4.45. The summed E-state index contributed by atoms with van der Waals surface area (Å²) in [7, 11) is 1.82. The zero-order valence-electron chi connectivity index (χ0n) is 19.2. The van der Waals surface area contributed by atoms with Gasteiger partial charge < -0.3 is 15.0 Å². The molecule has 0 amide bonds. The van der Waals surface area contributed by atoms with Crippen molar-refractivity contribution >= 4 is 29.6 Å². The summed E-state index contributed by atoms with van der Waals surface area (Å²) in [6.07, 6.45) is 6.66. The van der Waals surface area contributed by atoms with Crippen LogP contribution in [-0.2, 0) is 4.74 Å². The van der Waals surface area contributed by atoms with E-state index in [4.69, 9.17) is 14.7 Å². The normalized spacial score (nSPS) is 18.1. The summed E-state index contributed by atoms with van der Waals surface area (Å²) in [6, 6.07) is 14.8. The molecule has 0 bridgehead atoms. The van der Waals surface area contributed by atoms with Crippen molar-refractivity contribution in [3.8, 4) is 0 Å². The molecule has 2 saturated heterocycles. The third-order valence-electron chi connectivity index (χ3n) is 6.43. The third-order valence-corrected chi connectivity index (χ3v) is 6.43. The van der Waals surface area contributed by atoms with E-state index in [1.165, 1.54) is 0 Å². The van der Waals surface area contributed by atoms with Gasteiger partial charge in [-0.15, -0.1) is 0 Å². The SMILES string of the molecule is COC1CCN(C2CN(c3cc(Nc4cc(C)[nH]n4)nc(C=Cc4ccccc4)n3)C2)CC1. The molecule has 172 valence electrons. The van der Waals surface area contributed by atoms with Crippen LogP contribution in [-0.4, -0.2) is 70.5 Å². The Labute approximate surface area is 194 Å². The van der Waals surface area contributed by atoms with E-state index in [0.717, 1.165) is 67.7 Å². The average molecular weight is 446 g/mol. The number of benzene rings is 1. The first-order valence-electron chi connectivity index (χ1n) is 11.6. The highest BCUT2D eigenvalue weighted by atomic mass is 16.5. The topological polar surface area (TPSA) is 82.2 Å². The van der Waals surface area contributed by atoms with Gasteiger partial charge in [0.15, 0.2) is 11.6 Å². The monoisotopic (exact) mass is 445 g/mol. The van der Waals surface area contributed by atoms with E-state index >= 15 is 0 Å². The Morgan fingerprint density at radius 3 is 2.52 bits per heavy atom. The van der Waals surface area contributed by atoms with Crippen molar-refractivity contribution in [3.63, 3.8) is 0 Å². The maximum atomic E-state index is 5.52. The predicted molar refractivity (Wildman–Crippen MR) is 132 cm³/mol. The molecule has 2 aliphatic rings. The minimum Gasteiger partial charge on any atom is -0.381 e. The van der Waals surface area contributed by atoms with E-state index in [0.29, 0.717) is 18.0 Å². The van der Waals surface area contributed by atoms with Crippen LogP contribution < -0.4 is 10.2 Å². The van der Waals surface area contributed by atoms with Gasteiger partial charge in [0.25, 0.3) is 0 Å². The molecule has 0 atom stereocenters. The number of anilines is 3. The van der Waals surface area contributed by atoms with E-state index in [-0.39, 0.29) is 0 Å². The number of piperidine rings is 1. The van der Waals surface area contributed by atoms with Gasteiger partial charge in [0.1, 0.15) is 11.6 Å². The summed E-state index contributed by atoms with van der Waals surface area (Å²) in [5, 5.41) is 10.6. The van der Waals surface area contributed by atoms with Gasteiger partial charge in [0.05, 0.1) is 6.10 Å². The highest BCUT2D eigenvalue weighted by Crippen LogP contribution is 2.27. The van der Waals surface area contributed by atoms with Crippen LogP contribution in [0, 0.1) is 6.92 Å². The van der Waals surface area contributed by atoms with Gasteiger partial charge in [-0.25, -0.2) is 9.97 Å². The largest absolute Gasteiger partial charge is 0.381 e. The number of methoxy groups -OCH3 is 1. The Hall–Kier alpha value is -3.23. The molecule has 2 N–H and O–H groups in total. The molecule has 0 saturated carbocycles. The number of nitrogens with one attached hydrogen (secondary N) is 2. The number of aromatic nitrogens is 4. The molecule has 1 aromatic carbocycles. The first-order valence-corrected chi connectivity index (χ1v) is 11.6. The Kier molecular flexibility index (Phi) is 6.37. The maximum Gasteiger partial charge on any atom is 0.156 e. The summed E-state index contributed by atoms with van der Waals surface area (Å²) in [5.41, 5.74) is 2.12. The molecule has 0 aliphatic carbocycles. The molecule has 0 unspecified atom stereocenters. The van der Waals surface area contributed by atoms with Crippen molar-refractivity contribution in [1.82, 2.24) is 25.1 Å². The van der Waals surface area contributed by atoms with Gasteiger partial charge in [-0.2, -0.15) is 5.10 Å². The Morgan fingerprint density at radius 2 is 1.82 bits per heavy atom. The Balaban J connectivity index is 1.31. The number of aromatic amines is 1. The molecular formula is C25H31N7O. The molecule has 0 radical (unpaired) electrons. The molecule has 3 aromatic rings. The lowest BCUT2D eigenvalue weighted by atomic mass is 10.0. The molecule has 2 fully saturated rings. The minimum absolute atomic E-state index is 0.414. The lowest BCUT2D eigenvalue weighted by molar-refractivity contribution is 0.0225. The summed E-state index contributed by atoms with van der Waals surface area (Å²) in [6.45, 7) is 6.16. The zero-order valence-corrected chi connectivity index (χ0v) is 19.2. The lowest BCUT2D eigenvalue weighted by Gasteiger charge is -2.48. The van der Waals surface area contributed by atoms with Gasteiger partial charge in [-0.05, 0) is 31.4 Å². The minimum atomic E-state index is 0.414. The van der Waals surface area contributed by atoms with E-state index in [1.54, 1.807) is 0 Å². The highest BCUT2D eigenvalue weighted by Gasteiger charge is 2.34. The molecule has 8 nitrogen and oxygen atoms in total. The number of nitrogens with zero attached hydrogens (tertiary/aromatic N) is 5. The molecule has 33 heavy (non-hydrogen) atoms. The number of H-pyrrole nitrogens is 1. The lowest BCUT2D eigenvalue weighted by Crippen LogP contribution is -2.61. The van der Waals surface area contributed by atoms with Crippen molar-refractivity contribution in [2.75, 3.05) is 43.5 Å². The molecule has 2 aliphatic heterocycles. The Morgan fingerprint density at radius 1 is 1.03 bits per heavy atom. The van der Waals surface area contributed by atoms with Crippen molar-refractivity contribution in [2.45, 2.75) is 31.9 Å². The van der Waals surface area contributed by atoms with Crippen LogP contribution in [0.2, 0.25) is 0 Å². The van der Waals surface area contributed by atoms with Crippen LogP contribution in [0.5, 0.6) is 0 Å². The summed E-state index contributed by atoms with van der Waals surface area (Å²) >= 11 is 0. The standard InChI is InChI=1S/C25H31N7O/c1-18-14-24(30-29-18)27-23-15-25(28-22(26-23)9-8-19-6-4-3-5-7-19)32-16-20(17-32)31-12-10-21(33-2)11-13-31/h3-9,14-15,20-21H,10-13,16-17H2,1-2H3,(H2,26,27,28,29,30). The summed E-state index contributed by atoms with van der Waals surface area (Å²) in [5.74, 6) is 3.10. The van der Waals surface area contributed by atoms with Crippen molar-refractivity contribution in [2.24, 2.45) is 0 Å². The van der Waals surface area contributed by atoms with Crippen molar-refractivity contribution < 1.29 is 4.74 Å². The smallest absolute Gasteiger partial charge is 0.156 e. The number of likely N-dealkylation sites (tertiary alicyclic amines) is 1. The van der Waals surface area contributed by atoms with Crippen molar-refractivity contribution in [1.29, 1.82) is 0 Å². The number of ether oxygens (including phenoxy) is 1. The van der Waals surface area contributed by atoms with E-state index in [9.17, 15) is 0 Å². The average Bonchev–Trinajstić information content (AvgIpc) is 3.22. The van der Waals surface area contributed by atoms with E-state index in [1.807, 2.05) is 56.5 Å². The van der Waals surface area contributed by atoms with Gasteiger partial charge >= 0.3 is 0 Å². The zero-order chi connectivity index (χ0) is 22.6. The second-order valence-corrected chi connectivity index (χ2v) is 8.80. The molecule has 5 rings (SSSR count). The fraction of sp³-hybridized carbons (Fsp3) is 0.400. The predicted octanol–water partition coefficient (Wildman–Crippen LogP) is 3.72. The van der Waals surface area contributed by atoms with Crippen LogP contribution >= 0.6 is 0 Å². The summed E-state index contributed by atoms with van der Waals surface area (Å²) < 4.78 is 5.52. The molecular weight excluding hydrogens is 414 g/mol. The van der Waals surface area contributed by atoms with Crippen LogP contribution in [0.4, 0.5) is 17.5 Å². The van der Waals surface area contributed by atoms with E-state index < -0.39 is 0 Å². The van der Waals surface area contributed by atoms with Gasteiger partial charge in [0, 0.05) is 57.2 Å². The Bertz CT molecular complexity index is 1080. The van der Waals surface area contributed by atoms with Gasteiger partial charge in [-0.1, -0.05) is 36.4 Å². The van der Waals surface area contributed by atoms with E-state index in [2.05, 4.69) is 37.4 Å². The molecule has 0 spiro atoms. The van der Waals surface area contributed by atoms with Gasteiger partial charge in [-0.3, -0.25) is 10.00 Å². The quantitative estimate of drug-likeness (QED) is 0.574. The first kappa shape index (κ1) is 21.6. The summed E-state index contributed by atoms with van der Waals surface area (Å²) in [4.78, 5) is 14.5. The number of rotatable bonds is 7. The molecule has 4 heterocycles. The second kappa shape index (κ2) is 9.72. The number of hydrogen-bond acceptors (Lipinski definition) is 7. The fourth-order valence-electron chi connectivity index (χ4n) is 4.45. The second-order valence-electron chi connectivity index (χ2n) is 8.80. The number of hydrogen-bond donors (Lipinski definition) is 2. The van der Waals surface area contributed by atoms with Crippen molar-refractivity contribution in [3.05, 3.63) is 59.5 Å². The van der Waals surface area contributed by atoms with Crippen LogP contribution in [0.25, 0.3) is 12.2 Å².